The molecule has 0 heterocycles. The van der Waals surface area contributed by atoms with E-state index in [4.69, 9.17) is 0 Å². The second-order valence-corrected chi connectivity index (χ2v) is 33.0. The maximum absolute atomic E-state index is 2.62. The number of hydrogen-bond acceptors (Lipinski definition) is 3. The van der Waals surface area contributed by atoms with Gasteiger partial charge in [0.25, 0.3) is 0 Å². The maximum atomic E-state index is 2.62. The van der Waals surface area contributed by atoms with E-state index in [9.17, 15) is 0 Å². The summed E-state index contributed by atoms with van der Waals surface area (Å²) in [6.07, 6.45) is 26.8. The molecule has 574 valence electrons. The first-order chi connectivity index (χ1) is 56.8. The Kier molecular flexibility index (Phi) is 23.2. The van der Waals surface area contributed by atoms with Gasteiger partial charge in [0.15, 0.2) is 0 Å². The first-order valence-electron chi connectivity index (χ1n) is 43.7. The monoisotopic (exact) mass is 1500 g/mol. The summed E-state index contributed by atoms with van der Waals surface area (Å²) in [6.45, 7) is 9.38. The minimum atomic E-state index is -0.103. The Bertz CT molecular complexity index is 5520. The number of para-hydroxylation sites is 4. The highest BCUT2D eigenvalue weighted by atomic mass is 15.2. The molecule has 3 nitrogen and oxygen atoms in total. The largest absolute Gasteiger partial charge is 0.311 e. The summed E-state index contributed by atoms with van der Waals surface area (Å²) >= 11 is 0. The van der Waals surface area contributed by atoms with Gasteiger partial charge in [-0.2, -0.15) is 0 Å². The third-order valence-corrected chi connectivity index (χ3v) is 25.7. The van der Waals surface area contributed by atoms with E-state index in [1.807, 2.05) is 0 Å². The van der Waals surface area contributed by atoms with Gasteiger partial charge in [0.2, 0.25) is 0 Å². The van der Waals surface area contributed by atoms with Crippen molar-refractivity contribution in [2.24, 2.45) is 0 Å². The first kappa shape index (κ1) is 76.1. The summed E-state index contributed by atoms with van der Waals surface area (Å²) in [5, 5.41) is 0. The normalized spacial score (nSPS) is 13.1. The van der Waals surface area contributed by atoms with Gasteiger partial charge in [-0.3, -0.25) is 0 Å². The van der Waals surface area contributed by atoms with Crippen molar-refractivity contribution >= 4 is 51.2 Å². The summed E-state index contributed by atoms with van der Waals surface area (Å²) in [5.41, 5.74) is 37.4. The van der Waals surface area contributed by atoms with Crippen LogP contribution < -0.4 is 14.7 Å². The zero-order valence-electron chi connectivity index (χ0n) is 68.2. The van der Waals surface area contributed by atoms with Gasteiger partial charge in [-0.05, 0) is 283 Å². The molecule has 14 aromatic rings. The van der Waals surface area contributed by atoms with Crippen molar-refractivity contribution in [3.63, 3.8) is 0 Å². The van der Waals surface area contributed by atoms with Crippen LogP contribution in [-0.2, 0) is 23.7 Å². The van der Waals surface area contributed by atoms with Gasteiger partial charge in [0, 0.05) is 62.0 Å². The average Bonchev–Trinajstić information content (AvgIpc) is 1.57. The molecule has 0 spiro atoms. The van der Waals surface area contributed by atoms with Crippen molar-refractivity contribution in [3.8, 4) is 77.9 Å². The van der Waals surface area contributed by atoms with Crippen LogP contribution in [0.25, 0.3) is 77.9 Å². The number of hydrogen-bond donors (Lipinski definition) is 0. The van der Waals surface area contributed by atoms with Crippen LogP contribution in [0.5, 0.6) is 0 Å². The molecule has 3 heteroatoms. The van der Waals surface area contributed by atoms with E-state index < -0.39 is 0 Å². The lowest BCUT2D eigenvalue weighted by Crippen LogP contribution is -2.25. The molecule has 0 atom stereocenters. The fourth-order valence-electron chi connectivity index (χ4n) is 19.5. The predicted molar refractivity (Wildman–Crippen MR) is 493 cm³/mol. The van der Waals surface area contributed by atoms with Crippen molar-refractivity contribution in [2.75, 3.05) is 14.7 Å². The van der Waals surface area contributed by atoms with Gasteiger partial charge in [-0.15, -0.1) is 0 Å². The minimum Gasteiger partial charge on any atom is -0.311 e. The summed E-state index contributed by atoms with van der Waals surface area (Å²) in [6, 6.07) is 127. The molecule has 0 aromatic heterocycles. The number of fused-ring (bicyclic) bond motifs is 7. The van der Waals surface area contributed by atoms with E-state index in [1.54, 1.807) is 0 Å². The summed E-state index contributed by atoms with van der Waals surface area (Å²) in [7, 11) is 0. The van der Waals surface area contributed by atoms with E-state index in [1.165, 1.54) is 227 Å². The average molecular weight is 1500 g/mol. The summed E-state index contributed by atoms with van der Waals surface area (Å²) in [4.78, 5) is 7.21. The number of rotatable bonds is 34. The Balaban J connectivity index is 0.669. The van der Waals surface area contributed by atoms with Crippen LogP contribution in [0.3, 0.4) is 0 Å². The van der Waals surface area contributed by atoms with E-state index in [2.05, 4.69) is 376 Å². The molecule has 0 aliphatic heterocycles. The number of benzene rings is 14. The molecule has 0 N–H and O–H groups in total. The number of unbranched alkanes of at least 4 members (excludes halogenated alkanes) is 12. The number of aryl methyl sites for hydroxylation is 2. The van der Waals surface area contributed by atoms with Gasteiger partial charge >= 0.3 is 0 Å². The quantitative estimate of drug-likeness (QED) is 0.0372. The topological polar surface area (TPSA) is 9.72 Å². The molecule has 3 aliphatic carbocycles. The van der Waals surface area contributed by atoms with Crippen LogP contribution in [0.15, 0.2) is 334 Å². The molecule has 0 saturated carbocycles. The van der Waals surface area contributed by atoms with Crippen LogP contribution in [0.1, 0.15) is 189 Å². The van der Waals surface area contributed by atoms with Crippen molar-refractivity contribution in [1.29, 1.82) is 0 Å². The zero-order chi connectivity index (χ0) is 77.9. The lowest BCUT2D eigenvalue weighted by molar-refractivity contribution is 0.401. The van der Waals surface area contributed by atoms with E-state index in [0.29, 0.717) is 0 Å². The number of anilines is 9. The lowest BCUT2D eigenvalue weighted by Gasteiger charge is -2.33. The summed E-state index contributed by atoms with van der Waals surface area (Å²) < 4.78 is 0. The van der Waals surface area contributed by atoms with Crippen molar-refractivity contribution < 1.29 is 0 Å². The standard InChI is InChI=1S/C112H111N3/c1-5-9-13-29-72-111(73-30-14-10-6-2)107-78-90(83-48-60-98(61-49-83)113(94-35-21-17-22-36-94)95-37-23-18-24-38-95)56-68-103(107)104-69-57-91(79-108(104)111)84-50-62-99(63-51-84)114(96-39-25-19-26-40-96)100-64-52-85(53-65-100)92-58-70-105-106-71-59-93(81-110(106)112(109(105)80-92,74-31-15-11-7-3)75-32-16-12-8-4)86-54-66-101(67-55-86)115(97-41-27-20-28-42-97)102-43-33-34-87(77-102)89-47-45-82-44-46-88(82)76-89/h17-28,33-43,45,47-71,76-81H,5-16,29-32,44,46,72-75H2,1-4H3. The molecule has 0 unspecified atom stereocenters. The Morgan fingerprint density at radius 1 is 0.191 bits per heavy atom. The molecule has 115 heavy (non-hydrogen) atoms. The molecule has 0 amide bonds. The fraction of sp³-hybridized carbons (Fsp3) is 0.250. The third-order valence-electron chi connectivity index (χ3n) is 25.7. The predicted octanol–water partition coefficient (Wildman–Crippen LogP) is 32.9. The molecular weight excluding hydrogens is 1390 g/mol. The molecular formula is C112H111N3. The molecule has 0 saturated heterocycles. The lowest BCUT2D eigenvalue weighted by atomic mass is 9.70. The second kappa shape index (κ2) is 35.1. The van der Waals surface area contributed by atoms with Crippen molar-refractivity contribution in [2.45, 2.75) is 180 Å². The molecule has 0 fully saturated rings. The highest BCUT2D eigenvalue weighted by molar-refractivity contribution is 5.91. The summed E-state index contributed by atoms with van der Waals surface area (Å²) in [5.74, 6) is 0. The second-order valence-electron chi connectivity index (χ2n) is 33.0. The van der Waals surface area contributed by atoms with Gasteiger partial charge in [0.1, 0.15) is 0 Å². The molecule has 0 bridgehead atoms. The Labute approximate surface area is 686 Å². The van der Waals surface area contributed by atoms with Crippen molar-refractivity contribution in [3.05, 3.63) is 367 Å². The highest BCUT2D eigenvalue weighted by Gasteiger charge is 2.45. The Morgan fingerprint density at radius 3 is 0.713 bits per heavy atom. The van der Waals surface area contributed by atoms with Gasteiger partial charge in [-0.1, -0.05) is 331 Å². The fourth-order valence-corrected chi connectivity index (χ4v) is 19.5. The smallest absolute Gasteiger partial charge is 0.0467 e. The SMILES string of the molecule is CCCCCCC1(CCCCCC)c2cc(-c3ccc(N(c4ccccc4)c4ccccc4)cc3)ccc2-c2ccc(-c3ccc(N(c4ccccc4)c4ccc(-c5ccc6c(c5)C(CCCCCC)(CCCCCC)c5cc(-c7ccc(N(c8ccccc8)c8cccc(-c9ccc%10c(c9)CC%10)c8)cc7)ccc5-6)cc4)cc3)cc21. The Morgan fingerprint density at radius 2 is 0.435 bits per heavy atom. The molecule has 0 radical (unpaired) electrons. The first-order valence-corrected chi connectivity index (χ1v) is 43.7. The third kappa shape index (κ3) is 15.7. The van der Waals surface area contributed by atoms with Crippen LogP contribution in [0.4, 0.5) is 51.2 Å². The van der Waals surface area contributed by atoms with E-state index in [-0.39, 0.29) is 10.8 Å². The van der Waals surface area contributed by atoms with Gasteiger partial charge in [-0.25, -0.2) is 0 Å². The molecule has 17 rings (SSSR count). The van der Waals surface area contributed by atoms with E-state index >= 15 is 0 Å². The Hall–Kier alpha value is -11.5. The molecule has 14 aromatic carbocycles. The van der Waals surface area contributed by atoms with Crippen molar-refractivity contribution in [1.82, 2.24) is 0 Å². The highest BCUT2D eigenvalue weighted by Crippen LogP contribution is 2.59. The minimum absolute atomic E-state index is 0.0901. The van der Waals surface area contributed by atoms with Gasteiger partial charge in [0.05, 0.1) is 0 Å². The molecule has 3 aliphatic rings. The van der Waals surface area contributed by atoms with E-state index in [0.717, 1.165) is 76.9 Å². The number of nitrogens with zero attached hydrogens (tertiary/aromatic N) is 3. The maximum Gasteiger partial charge on any atom is 0.0467 e. The zero-order valence-corrected chi connectivity index (χ0v) is 68.2. The van der Waals surface area contributed by atoms with Crippen LogP contribution in [0, 0.1) is 0 Å². The van der Waals surface area contributed by atoms with Crippen LogP contribution in [-0.4, -0.2) is 0 Å². The van der Waals surface area contributed by atoms with Crippen LogP contribution >= 0.6 is 0 Å². The van der Waals surface area contributed by atoms with Gasteiger partial charge < -0.3 is 14.7 Å². The van der Waals surface area contributed by atoms with Crippen LogP contribution in [0.2, 0.25) is 0 Å².